The van der Waals surface area contributed by atoms with Crippen molar-refractivity contribution >= 4 is 16.6 Å². The lowest BCUT2D eigenvalue weighted by Crippen LogP contribution is -2.08. The van der Waals surface area contributed by atoms with Crippen LogP contribution in [0.15, 0.2) is 0 Å². The molecule has 0 saturated heterocycles. The summed E-state index contributed by atoms with van der Waals surface area (Å²) >= 11 is 0. The lowest BCUT2D eigenvalue weighted by Gasteiger charge is -1.88. The van der Waals surface area contributed by atoms with E-state index >= 15 is 0 Å². The molecule has 0 aliphatic heterocycles. The van der Waals surface area contributed by atoms with E-state index in [2.05, 4.69) is 4.18 Å². The van der Waals surface area contributed by atoms with Crippen LogP contribution in [-0.4, -0.2) is 24.2 Å². The van der Waals surface area contributed by atoms with Gasteiger partial charge in [0, 0.05) is 0 Å². The maximum absolute atomic E-state index is 9.39. The van der Waals surface area contributed by atoms with Crippen LogP contribution < -0.4 is 12.3 Å². The van der Waals surface area contributed by atoms with Gasteiger partial charge in [-0.15, -0.1) is 0 Å². The minimum atomic E-state index is -4.82. The van der Waals surface area contributed by atoms with Crippen molar-refractivity contribution < 1.29 is 27.1 Å². The van der Waals surface area contributed by atoms with Gasteiger partial charge < -0.3 is 17.4 Å². The van der Waals surface area contributed by atoms with Crippen molar-refractivity contribution in [1.29, 1.82) is 0 Å². The van der Waals surface area contributed by atoms with Crippen LogP contribution in [0.5, 0.6) is 0 Å². The third-order valence-corrected chi connectivity index (χ3v) is 0.530. The van der Waals surface area contributed by atoms with Crippen LogP contribution in [0, 0.1) is 0 Å². The number of hydrogen-bond acceptors (Lipinski definition) is 6. The molecule has 9 heteroatoms. The summed E-state index contributed by atoms with van der Waals surface area (Å²) in [7, 11) is -4.82. The second-order valence-electron chi connectivity index (χ2n) is 0.777. The first-order chi connectivity index (χ1) is 3.42. The zero-order chi connectivity index (χ0) is 6.78. The van der Waals surface area contributed by atoms with E-state index in [4.69, 9.17) is 9.66 Å². The first-order valence-electron chi connectivity index (χ1n) is 1.31. The Morgan fingerprint density at radius 2 is 1.60 bits per heavy atom. The zero-order valence-corrected chi connectivity index (χ0v) is 5.67. The smallest absolute Gasteiger partial charge is 0.449 e. The molecule has 0 heterocycles. The first-order valence-corrected chi connectivity index (χ1v) is 2.68. The Morgan fingerprint density at radius 3 is 1.60 bits per heavy atom. The van der Waals surface area contributed by atoms with Crippen molar-refractivity contribution in [3.63, 3.8) is 0 Å². The van der Waals surface area contributed by atoms with Crippen LogP contribution in [0.3, 0.4) is 0 Å². The molecule has 10 heavy (non-hydrogen) atoms. The number of hydrogen-bond donors (Lipinski definition) is 4. The van der Waals surface area contributed by atoms with Crippen LogP contribution >= 0.6 is 0 Å². The molecule has 8 nitrogen and oxygen atoms in total. The molecule has 0 aliphatic rings. The molecule has 0 fully saturated rings. The predicted molar refractivity (Wildman–Crippen MR) is 30.7 cm³/mol. The van der Waals surface area contributed by atoms with Gasteiger partial charge in [0.15, 0.2) is 0 Å². The summed E-state index contributed by atoms with van der Waals surface area (Å²) in [6, 6.07) is 0. The minimum Gasteiger partial charge on any atom is -0.449 e. The molecule has 0 bridgehead atoms. The van der Waals surface area contributed by atoms with E-state index in [0.717, 1.165) is 0 Å². The van der Waals surface area contributed by atoms with Crippen molar-refractivity contribution in [2.24, 2.45) is 0 Å². The second-order valence-corrected chi connectivity index (χ2v) is 1.80. The number of carboxylic acid groups (broad SMARTS) is 1. The maximum atomic E-state index is 9.39. The van der Waals surface area contributed by atoms with Gasteiger partial charge in [0.1, 0.15) is 0 Å². The summed E-state index contributed by atoms with van der Waals surface area (Å²) in [4.78, 5) is 9.25. The fourth-order valence-electron chi connectivity index (χ4n) is 0.0901. The average Bonchev–Trinajstić information content (AvgIpc) is 1.21. The van der Waals surface area contributed by atoms with Crippen LogP contribution in [0.1, 0.15) is 0 Å². The molecule has 0 aromatic rings. The third-order valence-electron chi connectivity index (χ3n) is 0.177. The highest BCUT2D eigenvalue weighted by molar-refractivity contribution is 7.81. The highest BCUT2D eigenvalue weighted by Crippen LogP contribution is 1.83. The molecule has 0 spiro atoms. The molecular weight excluding hydrogens is 168 g/mol. The van der Waals surface area contributed by atoms with Crippen LogP contribution in [0.25, 0.3) is 0 Å². The quantitative estimate of drug-likeness (QED) is 0.398. The maximum Gasteiger partial charge on any atom is 0.523 e. The van der Waals surface area contributed by atoms with E-state index in [1.807, 2.05) is 0 Å². The fourth-order valence-corrected chi connectivity index (χ4v) is 0.270. The van der Waals surface area contributed by atoms with Gasteiger partial charge in [0.05, 0.1) is 0 Å². The lowest BCUT2D eigenvalue weighted by molar-refractivity contribution is 0.141. The van der Waals surface area contributed by atoms with E-state index in [1.54, 1.807) is 0 Å². The van der Waals surface area contributed by atoms with Gasteiger partial charge in [0.2, 0.25) is 0 Å². The van der Waals surface area contributed by atoms with Crippen LogP contribution in [0.4, 0.5) is 4.79 Å². The van der Waals surface area contributed by atoms with E-state index in [-0.39, 0.29) is 12.3 Å². The molecule has 0 rings (SSSR count). The molecule has 0 aliphatic carbocycles. The predicted octanol–water partition coefficient (Wildman–Crippen LogP) is -0.192. The Kier molecular flexibility index (Phi) is 7.91. The highest BCUT2D eigenvalue weighted by atomic mass is 32.3. The van der Waals surface area contributed by atoms with Crippen LogP contribution in [-0.2, 0) is 14.6 Å². The van der Waals surface area contributed by atoms with E-state index < -0.39 is 16.6 Å². The molecule has 0 amide bonds. The molecule has 0 radical (unpaired) electrons. The Bertz CT molecular complexity index is 182. The van der Waals surface area contributed by atoms with Gasteiger partial charge in [-0.3, -0.25) is 8.74 Å². The Hall–Kier alpha value is -0.900. The van der Waals surface area contributed by atoms with Gasteiger partial charge in [-0.2, -0.15) is 8.42 Å². The van der Waals surface area contributed by atoms with Crippen molar-refractivity contribution in [2.75, 3.05) is 0 Å². The van der Waals surface area contributed by atoms with Crippen molar-refractivity contribution in [3.05, 3.63) is 0 Å². The van der Waals surface area contributed by atoms with Crippen molar-refractivity contribution in [2.45, 2.75) is 0 Å². The third kappa shape index (κ3) is 15.7. The van der Waals surface area contributed by atoms with Gasteiger partial charge in [-0.25, -0.2) is 4.79 Å². The zero-order valence-electron chi connectivity index (χ0n) is 4.85. The fraction of sp³-hybridized carbons (Fsp3) is 0. The SMILES string of the molecule is N.N.O=C(O)OS(=O)(=O)O. The van der Waals surface area contributed by atoms with Crippen molar-refractivity contribution in [1.82, 2.24) is 12.3 Å². The Morgan fingerprint density at radius 1 is 1.30 bits per heavy atom. The standard InChI is InChI=1S/CH2O6S.2H3N/c2-1(3)7-8(4,5)6;;/h(H,2,3)(H,4,5,6);2*1H3. The first kappa shape index (κ1) is 16.0. The van der Waals surface area contributed by atoms with Crippen LogP contribution in [0.2, 0.25) is 0 Å². The van der Waals surface area contributed by atoms with E-state index in [9.17, 15) is 13.2 Å². The average molecular weight is 176 g/mol. The number of rotatable bonds is 1. The molecule has 0 unspecified atom stereocenters. The Balaban J connectivity index is -0.000000245. The molecular formula is CH8N2O6S. The molecule has 0 aromatic heterocycles. The van der Waals surface area contributed by atoms with Gasteiger partial charge >= 0.3 is 16.6 Å². The Labute approximate surface area is 56.9 Å². The van der Waals surface area contributed by atoms with E-state index in [0.29, 0.717) is 0 Å². The van der Waals surface area contributed by atoms with Gasteiger partial charge in [-0.05, 0) is 0 Å². The summed E-state index contributed by atoms with van der Waals surface area (Å²) in [5.41, 5.74) is 0. The summed E-state index contributed by atoms with van der Waals surface area (Å²) < 4.78 is 29.2. The molecule has 64 valence electrons. The number of carbonyl (C=O) groups is 1. The summed E-state index contributed by atoms with van der Waals surface area (Å²) in [5.74, 6) is 0. The molecule has 0 aromatic carbocycles. The minimum absolute atomic E-state index is 0. The highest BCUT2D eigenvalue weighted by Gasteiger charge is 2.09. The summed E-state index contributed by atoms with van der Waals surface area (Å²) in [6.45, 7) is 0. The topological polar surface area (TPSA) is 171 Å². The molecule has 8 N–H and O–H groups in total. The second kappa shape index (κ2) is 4.93. The monoisotopic (exact) mass is 176 g/mol. The summed E-state index contributed by atoms with van der Waals surface area (Å²) in [6.07, 6.45) is -2.06. The molecule has 0 saturated carbocycles. The lowest BCUT2D eigenvalue weighted by atomic mass is 11.5. The largest absolute Gasteiger partial charge is 0.523 e. The molecule has 0 atom stereocenters. The van der Waals surface area contributed by atoms with Gasteiger partial charge in [-0.1, -0.05) is 0 Å². The summed E-state index contributed by atoms with van der Waals surface area (Å²) in [5, 5.41) is 7.49. The van der Waals surface area contributed by atoms with Gasteiger partial charge in [0.25, 0.3) is 0 Å². The van der Waals surface area contributed by atoms with E-state index in [1.165, 1.54) is 0 Å². The van der Waals surface area contributed by atoms with Crippen molar-refractivity contribution in [3.8, 4) is 0 Å². The normalized spacial score (nSPS) is 8.50.